The summed E-state index contributed by atoms with van der Waals surface area (Å²) in [6.45, 7) is 1.75. The van der Waals surface area contributed by atoms with Gasteiger partial charge in [-0.3, -0.25) is 0 Å². The van der Waals surface area contributed by atoms with Gasteiger partial charge >= 0.3 is 0 Å². The van der Waals surface area contributed by atoms with Crippen molar-refractivity contribution in [2.45, 2.75) is 13.2 Å². The summed E-state index contributed by atoms with van der Waals surface area (Å²) in [4.78, 5) is 5.75. The number of aromatic nitrogens is 2. The third-order valence-corrected chi connectivity index (χ3v) is 3.73. The van der Waals surface area contributed by atoms with E-state index < -0.39 is 6.23 Å². The van der Waals surface area contributed by atoms with Crippen LogP contribution in [0, 0.1) is 0 Å². The van der Waals surface area contributed by atoms with E-state index in [1.54, 1.807) is 18.3 Å². The number of aliphatic hydroxyl groups excluding tert-OH is 1. The van der Waals surface area contributed by atoms with Crippen LogP contribution < -0.4 is 17.0 Å². The fraction of sp³-hybridized carbons (Fsp3) is 0.143. The van der Waals surface area contributed by atoms with Gasteiger partial charge in [-0.2, -0.15) is 4.57 Å². The van der Waals surface area contributed by atoms with E-state index in [-0.39, 0.29) is 12.4 Å². The van der Waals surface area contributed by atoms with Crippen LogP contribution in [0.5, 0.6) is 0 Å². The molecule has 19 heavy (non-hydrogen) atoms. The largest absolute Gasteiger partial charge is 1.00 e. The first-order chi connectivity index (χ1) is 8.75. The first-order valence-electron chi connectivity index (χ1n) is 5.78. The number of rotatable bonds is 2. The lowest BCUT2D eigenvalue weighted by molar-refractivity contribution is -0.733. The smallest absolute Gasteiger partial charge is 0.257 e. The van der Waals surface area contributed by atoms with E-state index >= 15 is 0 Å². The SMILES string of the molecule is CC(O)[n+]1cc(-c2cccs2)nc2ccccc21.[Cl-]. The Morgan fingerprint density at radius 3 is 2.68 bits per heavy atom. The molecule has 0 aliphatic rings. The lowest BCUT2D eigenvalue weighted by atomic mass is 10.2. The van der Waals surface area contributed by atoms with Crippen molar-refractivity contribution in [3.63, 3.8) is 0 Å². The van der Waals surface area contributed by atoms with Crippen LogP contribution in [0.4, 0.5) is 0 Å². The molecule has 98 valence electrons. The first-order valence-corrected chi connectivity index (χ1v) is 6.66. The molecular weight excluding hydrogens is 280 g/mol. The second-order valence-electron chi connectivity index (χ2n) is 4.13. The zero-order valence-corrected chi connectivity index (χ0v) is 11.9. The normalized spacial score (nSPS) is 12.1. The van der Waals surface area contributed by atoms with Crippen LogP contribution in [0.2, 0.25) is 0 Å². The topological polar surface area (TPSA) is 37.0 Å². The van der Waals surface area contributed by atoms with Gasteiger partial charge in [-0.15, -0.1) is 11.3 Å². The van der Waals surface area contributed by atoms with Crippen LogP contribution in [0.1, 0.15) is 13.2 Å². The highest BCUT2D eigenvalue weighted by molar-refractivity contribution is 7.13. The van der Waals surface area contributed by atoms with Gasteiger partial charge in [0.1, 0.15) is 11.2 Å². The van der Waals surface area contributed by atoms with Gasteiger partial charge in [-0.1, -0.05) is 18.2 Å². The van der Waals surface area contributed by atoms with E-state index in [2.05, 4.69) is 4.98 Å². The highest BCUT2D eigenvalue weighted by Gasteiger charge is 2.17. The van der Waals surface area contributed by atoms with Crippen LogP contribution >= 0.6 is 11.3 Å². The number of halogens is 1. The molecule has 0 saturated carbocycles. The minimum atomic E-state index is -0.573. The number of hydrogen-bond acceptors (Lipinski definition) is 3. The van der Waals surface area contributed by atoms with Crippen molar-refractivity contribution in [2.24, 2.45) is 0 Å². The molecule has 0 aliphatic heterocycles. The molecule has 0 radical (unpaired) electrons. The van der Waals surface area contributed by atoms with Crippen LogP contribution in [0.15, 0.2) is 48.0 Å². The molecule has 0 bridgehead atoms. The number of thiophene rings is 1. The van der Waals surface area contributed by atoms with Gasteiger partial charge in [0.25, 0.3) is 6.23 Å². The van der Waals surface area contributed by atoms with Crippen molar-refractivity contribution in [3.05, 3.63) is 48.0 Å². The molecule has 3 rings (SSSR count). The number of aliphatic hydroxyl groups is 1. The van der Waals surface area contributed by atoms with Gasteiger partial charge in [0.2, 0.25) is 5.52 Å². The highest BCUT2D eigenvalue weighted by Crippen LogP contribution is 2.23. The van der Waals surface area contributed by atoms with Crippen LogP contribution in [-0.2, 0) is 0 Å². The summed E-state index contributed by atoms with van der Waals surface area (Å²) < 4.78 is 1.84. The van der Waals surface area contributed by atoms with Gasteiger partial charge in [-0.05, 0) is 17.5 Å². The second-order valence-corrected chi connectivity index (χ2v) is 5.08. The lowest BCUT2D eigenvalue weighted by Gasteiger charge is -2.05. The number of para-hydroxylation sites is 2. The molecule has 1 atom stereocenters. The molecule has 2 aromatic heterocycles. The van der Waals surface area contributed by atoms with Crippen LogP contribution in [-0.4, -0.2) is 10.1 Å². The Morgan fingerprint density at radius 1 is 1.21 bits per heavy atom. The Bertz CT molecular complexity index is 683. The molecule has 0 saturated heterocycles. The van der Waals surface area contributed by atoms with E-state index in [1.165, 1.54) is 0 Å². The Hall–Kier alpha value is -1.49. The summed E-state index contributed by atoms with van der Waals surface area (Å²) in [5, 5.41) is 11.9. The Balaban J connectivity index is 0.00000133. The summed E-state index contributed by atoms with van der Waals surface area (Å²) >= 11 is 1.65. The van der Waals surface area contributed by atoms with E-state index in [0.717, 1.165) is 21.6 Å². The van der Waals surface area contributed by atoms with E-state index in [1.807, 2.05) is 52.5 Å². The standard InChI is InChI=1S/C14H13N2OS.ClH/c1-10(17)16-9-12(14-7-4-8-18-14)15-11-5-2-3-6-13(11)16;/h2-10,17H,1H3;1H/q+1;/p-1. The Kier molecular flexibility index (Phi) is 4.14. The van der Waals surface area contributed by atoms with Gasteiger partial charge in [0, 0.05) is 13.0 Å². The Morgan fingerprint density at radius 2 is 2.00 bits per heavy atom. The van der Waals surface area contributed by atoms with Crippen molar-refractivity contribution in [3.8, 4) is 10.6 Å². The minimum Gasteiger partial charge on any atom is -1.00 e. The summed E-state index contributed by atoms with van der Waals surface area (Å²) in [6, 6.07) is 11.9. The maximum absolute atomic E-state index is 9.88. The predicted molar refractivity (Wildman–Crippen MR) is 72.2 cm³/mol. The monoisotopic (exact) mass is 292 g/mol. The van der Waals surface area contributed by atoms with Crippen molar-refractivity contribution < 1.29 is 22.1 Å². The van der Waals surface area contributed by atoms with Crippen molar-refractivity contribution in [1.29, 1.82) is 0 Å². The van der Waals surface area contributed by atoms with Crippen molar-refractivity contribution in [1.82, 2.24) is 4.98 Å². The van der Waals surface area contributed by atoms with Gasteiger partial charge < -0.3 is 17.5 Å². The quantitative estimate of drug-likeness (QED) is 0.662. The molecule has 0 amide bonds. The maximum atomic E-state index is 9.88. The van der Waals surface area contributed by atoms with Crippen molar-refractivity contribution in [2.75, 3.05) is 0 Å². The fourth-order valence-electron chi connectivity index (χ4n) is 1.99. The molecule has 2 heterocycles. The highest BCUT2D eigenvalue weighted by atomic mass is 35.5. The first kappa shape index (κ1) is 13.9. The average Bonchev–Trinajstić information content (AvgIpc) is 2.91. The molecule has 1 N–H and O–H groups in total. The third kappa shape index (κ3) is 2.61. The zero-order valence-electron chi connectivity index (χ0n) is 10.3. The molecule has 3 aromatic rings. The van der Waals surface area contributed by atoms with Crippen LogP contribution in [0.3, 0.4) is 0 Å². The molecule has 3 nitrogen and oxygen atoms in total. The second kappa shape index (κ2) is 5.65. The predicted octanol–water partition coefficient (Wildman–Crippen LogP) is -0.234. The average molecular weight is 293 g/mol. The summed E-state index contributed by atoms with van der Waals surface area (Å²) in [5.41, 5.74) is 2.72. The lowest BCUT2D eigenvalue weighted by Crippen LogP contribution is -3.00. The van der Waals surface area contributed by atoms with Gasteiger partial charge in [0.05, 0.1) is 4.88 Å². The molecule has 0 fully saturated rings. The number of hydrogen-bond donors (Lipinski definition) is 1. The van der Waals surface area contributed by atoms with Crippen LogP contribution in [0.25, 0.3) is 21.6 Å². The maximum Gasteiger partial charge on any atom is 0.257 e. The fourth-order valence-corrected chi connectivity index (χ4v) is 2.67. The van der Waals surface area contributed by atoms with Gasteiger partial charge in [-0.25, -0.2) is 4.98 Å². The summed E-state index contributed by atoms with van der Waals surface area (Å²) in [6.07, 6.45) is 1.33. The van der Waals surface area contributed by atoms with Crippen molar-refractivity contribution >= 4 is 22.4 Å². The Labute approximate surface area is 121 Å². The molecule has 1 unspecified atom stereocenters. The zero-order chi connectivity index (χ0) is 12.5. The number of nitrogens with zero attached hydrogens (tertiary/aromatic N) is 2. The van der Waals surface area contributed by atoms with E-state index in [4.69, 9.17) is 0 Å². The summed E-state index contributed by atoms with van der Waals surface area (Å²) in [7, 11) is 0. The number of fused-ring (bicyclic) bond motifs is 1. The number of benzene rings is 1. The minimum absolute atomic E-state index is 0. The van der Waals surface area contributed by atoms with E-state index in [9.17, 15) is 5.11 Å². The molecular formula is C14H13ClN2OS. The molecule has 0 spiro atoms. The molecule has 5 heteroatoms. The van der Waals surface area contributed by atoms with E-state index in [0.29, 0.717) is 0 Å². The van der Waals surface area contributed by atoms with Gasteiger partial charge in [0.15, 0.2) is 6.20 Å². The third-order valence-electron chi connectivity index (χ3n) is 2.84. The molecule has 0 aliphatic carbocycles. The molecule has 1 aromatic carbocycles. The summed E-state index contributed by atoms with van der Waals surface area (Å²) in [5.74, 6) is 0.